The van der Waals surface area contributed by atoms with Gasteiger partial charge in [-0.15, -0.1) is 0 Å². The fourth-order valence-electron chi connectivity index (χ4n) is 2.82. The van der Waals surface area contributed by atoms with Gasteiger partial charge in [-0.2, -0.15) is 10.2 Å². The SMILES string of the molecule is CC(=O)c1cnn(-c2ccc(S(=O)(=O)Nc3cccc4cnn(C)c34)cn2)c1. The first-order valence-corrected chi connectivity index (χ1v) is 9.79. The van der Waals surface area contributed by atoms with Crippen LogP contribution in [0.25, 0.3) is 16.7 Å². The molecule has 4 rings (SSSR count). The highest BCUT2D eigenvalue weighted by Gasteiger charge is 2.18. The van der Waals surface area contributed by atoms with Crippen LogP contribution in [0, 0.1) is 0 Å². The number of hydrogen-bond donors (Lipinski definition) is 1. The molecule has 3 heterocycles. The lowest BCUT2D eigenvalue weighted by Gasteiger charge is -2.10. The molecule has 142 valence electrons. The number of anilines is 1. The van der Waals surface area contributed by atoms with E-state index in [-0.39, 0.29) is 10.7 Å². The first-order valence-electron chi connectivity index (χ1n) is 8.31. The Hall–Kier alpha value is -3.53. The van der Waals surface area contributed by atoms with Crippen molar-refractivity contribution in [3.05, 3.63) is 60.7 Å². The molecule has 1 aromatic carbocycles. The van der Waals surface area contributed by atoms with Gasteiger partial charge in [0.05, 0.1) is 29.2 Å². The number of para-hydroxylation sites is 1. The number of sulfonamides is 1. The molecule has 3 aromatic heterocycles. The molecule has 0 saturated carbocycles. The molecule has 9 nitrogen and oxygen atoms in total. The first kappa shape index (κ1) is 17.9. The van der Waals surface area contributed by atoms with Gasteiger partial charge in [-0.3, -0.25) is 14.2 Å². The lowest BCUT2D eigenvalue weighted by atomic mass is 10.2. The van der Waals surface area contributed by atoms with Gasteiger partial charge in [-0.05, 0) is 25.1 Å². The molecule has 1 N–H and O–H groups in total. The Kier molecular flexibility index (Phi) is 4.19. The highest BCUT2D eigenvalue weighted by molar-refractivity contribution is 7.92. The molecule has 4 aromatic rings. The van der Waals surface area contributed by atoms with E-state index in [0.717, 1.165) is 5.39 Å². The number of aryl methyl sites for hydroxylation is 1. The van der Waals surface area contributed by atoms with Gasteiger partial charge in [-0.25, -0.2) is 18.1 Å². The third-order valence-corrected chi connectivity index (χ3v) is 5.61. The smallest absolute Gasteiger partial charge is 0.263 e. The van der Waals surface area contributed by atoms with Crippen LogP contribution in [0.3, 0.4) is 0 Å². The van der Waals surface area contributed by atoms with Gasteiger partial charge < -0.3 is 0 Å². The number of benzene rings is 1. The summed E-state index contributed by atoms with van der Waals surface area (Å²) in [5.74, 6) is 0.291. The number of aromatic nitrogens is 5. The lowest BCUT2D eigenvalue weighted by Crippen LogP contribution is -2.14. The molecule has 0 aliphatic heterocycles. The van der Waals surface area contributed by atoms with Crippen molar-refractivity contribution in [3.8, 4) is 5.82 Å². The van der Waals surface area contributed by atoms with Gasteiger partial charge in [-0.1, -0.05) is 12.1 Å². The fraction of sp³-hybridized carbons (Fsp3) is 0.111. The molecule has 0 bridgehead atoms. The predicted octanol–water partition coefficient (Wildman–Crippen LogP) is 2.16. The predicted molar refractivity (Wildman–Crippen MR) is 103 cm³/mol. The normalized spacial score (nSPS) is 11.6. The average Bonchev–Trinajstić information content (AvgIpc) is 3.30. The van der Waals surface area contributed by atoms with Crippen molar-refractivity contribution in [1.82, 2.24) is 24.5 Å². The van der Waals surface area contributed by atoms with Crippen molar-refractivity contribution in [2.45, 2.75) is 11.8 Å². The number of pyridine rings is 1. The van der Waals surface area contributed by atoms with E-state index in [0.29, 0.717) is 22.6 Å². The standard InChI is InChI=1S/C18H16N6O3S/c1-12(25)14-9-21-24(11-14)17-7-6-15(10-19-17)28(26,27)22-16-5-3-4-13-8-20-23(2)18(13)16/h3-11,22H,1-2H3. The van der Waals surface area contributed by atoms with Crippen molar-refractivity contribution in [3.63, 3.8) is 0 Å². The summed E-state index contributed by atoms with van der Waals surface area (Å²) in [6, 6.07) is 8.25. The number of hydrogen-bond acceptors (Lipinski definition) is 6. The minimum absolute atomic E-state index is 0.00867. The van der Waals surface area contributed by atoms with Gasteiger partial charge in [0.15, 0.2) is 11.6 Å². The molecule has 0 fully saturated rings. The zero-order valence-corrected chi connectivity index (χ0v) is 15.9. The van der Waals surface area contributed by atoms with Crippen LogP contribution in [-0.4, -0.2) is 38.7 Å². The van der Waals surface area contributed by atoms with Gasteiger partial charge in [0, 0.05) is 24.8 Å². The van der Waals surface area contributed by atoms with Crippen LogP contribution in [0.1, 0.15) is 17.3 Å². The Bertz CT molecular complexity index is 1290. The maximum absolute atomic E-state index is 12.8. The van der Waals surface area contributed by atoms with Gasteiger partial charge in [0.2, 0.25) is 0 Å². The summed E-state index contributed by atoms with van der Waals surface area (Å²) in [5.41, 5.74) is 1.56. The van der Waals surface area contributed by atoms with E-state index in [1.54, 1.807) is 36.3 Å². The summed E-state index contributed by atoms with van der Waals surface area (Å²) in [6.07, 6.45) is 5.89. The van der Waals surface area contributed by atoms with Crippen LogP contribution < -0.4 is 4.72 Å². The molecule has 0 amide bonds. The Morgan fingerprint density at radius 1 is 1.07 bits per heavy atom. The molecule has 28 heavy (non-hydrogen) atoms. The topological polar surface area (TPSA) is 112 Å². The van der Waals surface area contributed by atoms with E-state index in [9.17, 15) is 13.2 Å². The molecule has 0 saturated heterocycles. The zero-order chi connectivity index (χ0) is 19.9. The van der Waals surface area contributed by atoms with E-state index in [1.165, 1.54) is 36.1 Å². The van der Waals surface area contributed by atoms with Crippen molar-refractivity contribution < 1.29 is 13.2 Å². The third kappa shape index (κ3) is 3.14. The van der Waals surface area contributed by atoms with Gasteiger partial charge in [0.25, 0.3) is 10.0 Å². The molecule has 0 radical (unpaired) electrons. The largest absolute Gasteiger partial charge is 0.294 e. The quantitative estimate of drug-likeness (QED) is 0.518. The molecular weight excluding hydrogens is 380 g/mol. The molecule has 0 aliphatic carbocycles. The second-order valence-corrected chi connectivity index (χ2v) is 7.88. The number of carbonyl (C=O) groups excluding carboxylic acids is 1. The molecule has 0 atom stereocenters. The highest BCUT2D eigenvalue weighted by Crippen LogP contribution is 2.25. The summed E-state index contributed by atoms with van der Waals surface area (Å²) >= 11 is 0. The summed E-state index contributed by atoms with van der Waals surface area (Å²) in [4.78, 5) is 15.5. The summed E-state index contributed by atoms with van der Waals surface area (Å²) < 4.78 is 31.2. The van der Waals surface area contributed by atoms with E-state index in [1.807, 2.05) is 6.07 Å². The van der Waals surface area contributed by atoms with Gasteiger partial charge >= 0.3 is 0 Å². The zero-order valence-electron chi connectivity index (χ0n) is 15.1. The monoisotopic (exact) mass is 396 g/mol. The Balaban J connectivity index is 1.64. The summed E-state index contributed by atoms with van der Waals surface area (Å²) in [7, 11) is -2.10. The van der Waals surface area contributed by atoms with Crippen LogP contribution in [-0.2, 0) is 17.1 Å². The average molecular weight is 396 g/mol. The molecule has 0 spiro atoms. The molecule has 10 heteroatoms. The van der Waals surface area contributed by atoms with Crippen molar-refractivity contribution in [1.29, 1.82) is 0 Å². The van der Waals surface area contributed by atoms with E-state index < -0.39 is 10.0 Å². The fourth-order valence-corrected chi connectivity index (χ4v) is 3.83. The van der Waals surface area contributed by atoms with Gasteiger partial charge in [0.1, 0.15) is 4.90 Å². The second-order valence-electron chi connectivity index (χ2n) is 6.20. The number of ketones is 1. The Morgan fingerprint density at radius 2 is 1.89 bits per heavy atom. The second kappa shape index (κ2) is 6.57. The van der Waals surface area contributed by atoms with Crippen LogP contribution in [0.2, 0.25) is 0 Å². The van der Waals surface area contributed by atoms with E-state index >= 15 is 0 Å². The minimum atomic E-state index is -3.84. The third-order valence-electron chi connectivity index (χ3n) is 4.26. The van der Waals surface area contributed by atoms with Crippen molar-refractivity contribution in [2.75, 3.05) is 4.72 Å². The van der Waals surface area contributed by atoms with Crippen LogP contribution in [0.5, 0.6) is 0 Å². The van der Waals surface area contributed by atoms with E-state index in [4.69, 9.17) is 0 Å². The summed E-state index contributed by atoms with van der Waals surface area (Å²) in [5, 5.41) is 9.05. The number of rotatable bonds is 5. The summed E-state index contributed by atoms with van der Waals surface area (Å²) in [6.45, 7) is 1.44. The maximum Gasteiger partial charge on any atom is 0.263 e. The number of fused-ring (bicyclic) bond motifs is 1. The van der Waals surface area contributed by atoms with Crippen molar-refractivity contribution in [2.24, 2.45) is 7.05 Å². The molecular formula is C18H16N6O3S. The number of carbonyl (C=O) groups is 1. The van der Waals surface area contributed by atoms with Crippen molar-refractivity contribution >= 4 is 32.4 Å². The minimum Gasteiger partial charge on any atom is -0.294 e. The van der Waals surface area contributed by atoms with Crippen LogP contribution >= 0.6 is 0 Å². The molecule has 0 unspecified atom stereocenters. The number of Topliss-reactive ketones (excluding diaryl/α,β-unsaturated/α-hetero) is 1. The Labute approximate surface area is 160 Å². The van der Waals surface area contributed by atoms with E-state index in [2.05, 4.69) is 19.9 Å². The molecule has 0 aliphatic rings. The first-order chi connectivity index (χ1) is 13.3. The maximum atomic E-state index is 12.8. The lowest BCUT2D eigenvalue weighted by molar-refractivity contribution is 0.101. The van der Waals surface area contributed by atoms with Crippen LogP contribution in [0.4, 0.5) is 5.69 Å². The van der Waals surface area contributed by atoms with Crippen LogP contribution in [0.15, 0.2) is 60.0 Å². The Morgan fingerprint density at radius 3 is 2.57 bits per heavy atom. The number of nitrogens with one attached hydrogen (secondary N) is 1. The highest BCUT2D eigenvalue weighted by atomic mass is 32.2. The number of nitrogens with zero attached hydrogens (tertiary/aromatic N) is 5.